The van der Waals surface area contributed by atoms with Crippen LogP contribution >= 0.6 is 0 Å². The molecule has 3 rings (SSSR count). The summed E-state index contributed by atoms with van der Waals surface area (Å²) < 4.78 is 0. The first kappa shape index (κ1) is 18.7. The smallest absolute Gasteiger partial charge is 0.303 e. The van der Waals surface area contributed by atoms with Crippen LogP contribution in [0.4, 0.5) is 0 Å². The van der Waals surface area contributed by atoms with Crippen LogP contribution in [0, 0.1) is 0 Å². The molecule has 27 heavy (non-hydrogen) atoms. The fourth-order valence-corrected chi connectivity index (χ4v) is 3.04. The molecular weight excluding hydrogens is 340 g/mol. The van der Waals surface area contributed by atoms with E-state index in [-0.39, 0.29) is 12.2 Å². The molecule has 0 atom stereocenters. The highest BCUT2D eigenvalue weighted by molar-refractivity contribution is 5.97. The van der Waals surface area contributed by atoms with Crippen molar-refractivity contribution in [3.63, 3.8) is 0 Å². The Morgan fingerprint density at radius 3 is 2.74 bits per heavy atom. The summed E-state index contributed by atoms with van der Waals surface area (Å²) in [5, 5.41) is 8.84. The van der Waals surface area contributed by atoms with Crippen LogP contribution in [0.2, 0.25) is 0 Å². The van der Waals surface area contributed by atoms with E-state index in [9.17, 15) is 9.59 Å². The third-order valence-electron chi connectivity index (χ3n) is 4.47. The fourth-order valence-electron chi connectivity index (χ4n) is 3.04. The maximum atomic E-state index is 11.7. The quantitative estimate of drug-likeness (QED) is 0.578. The summed E-state index contributed by atoms with van der Waals surface area (Å²) in [5.41, 5.74) is 4.73. The average Bonchev–Trinajstić information content (AvgIpc) is 2.93. The van der Waals surface area contributed by atoms with Gasteiger partial charge < -0.3 is 5.11 Å². The van der Waals surface area contributed by atoms with Gasteiger partial charge in [-0.1, -0.05) is 30.4 Å². The number of fused-ring (bicyclic) bond motifs is 1. The number of aromatic nitrogens is 2. The van der Waals surface area contributed by atoms with Gasteiger partial charge in [0.25, 0.3) is 0 Å². The van der Waals surface area contributed by atoms with E-state index in [1.807, 2.05) is 24.3 Å². The molecule has 0 bridgehead atoms. The number of unbranched alkanes of at least 4 members (excludes halogenated alkanes) is 1. The van der Waals surface area contributed by atoms with Crippen molar-refractivity contribution in [2.45, 2.75) is 39.0 Å². The molecule has 0 saturated heterocycles. The molecule has 138 valence electrons. The number of aryl methyl sites for hydroxylation is 1. The minimum atomic E-state index is -0.786. The van der Waals surface area contributed by atoms with Crippen molar-refractivity contribution < 1.29 is 14.7 Å². The van der Waals surface area contributed by atoms with Gasteiger partial charge in [-0.05, 0) is 56.4 Å². The zero-order valence-electron chi connectivity index (χ0n) is 15.3. The number of aliphatic carboxylic acids is 1. The standard InChI is InChI=1S/C22H22N2O3/c1-15(25)17-12-13-18-20(14-17)23-19(10-6-7-11-21(26)27)22(24-18)16-8-4-2-3-5-9-16/h2-4,8-9,12-14H,5-7,10-11H2,1H3,(H,26,27). The van der Waals surface area contributed by atoms with Crippen LogP contribution in [0.15, 0.2) is 48.6 Å². The zero-order chi connectivity index (χ0) is 19.2. The summed E-state index contributed by atoms with van der Waals surface area (Å²) in [6, 6.07) is 5.37. The predicted octanol–water partition coefficient (Wildman–Crippen LogP) is 4.53. The number of Topliss-reactive ketones (excluding diaryl/α,β-unsaturated/α-hetero) is 1. The summed E-state index contributed by atoms with van der Waals surface area (Å²) in [5.74, 6) is -0.794. The lowest BCUT2D eigenvalue weighted by atomic mass is 10.0. The Morgan fingerprint density at radius 1 is 1.11 bits per heavy atom. The lowest BCUT2D eigenvalue weighted by Crippen LogP contribution is -2.04. The Morgan fingerprint density at radius 2 is 1.96 bits per heavy atom. The van der Waals surface area contributed by atoms with E-state index in [0.717, 1.165) is 35.3 Å². The molecule has 1 aliphatic carbocycles. The van der Waals surface area contributed by atoms with Crippen LogP contribution < -0.4 is 0 Å². The molecule has 0 fully saturated rings. The second-order valence-corrected chi connectivity index (χ2v) is 6.56. The van der Waals surface area contributed by atoms with Crippen LogP contribution in [0.5, 0.6) is 0 Å². The first-order valence-corrected chi connectivity index (χ1v) is 9.12. The summed E-state index contributed by atoms with van der Waals surface area (Å²) in [6.45, 7) is 1.53. The van der Waals surface area contributed by atoms with Gasteiger partial charge in [0.1, 0.15) is 0 Å². The van der Waals surface area contributed by atoms with E-state index in [0.29, 0.717) is 23.9 Å². The fraction of sp³-hybridized carbons (Fsp3) is 0.273. The summed E-state index contributed by atoms with van der Waals surface area (Å²) in [7, 11) is 0. The number of nitrogens with zero attached hydrogens (tertiary/aromatic N) is 2. The molecule has 1 heterocycles. The van der Waals surface area contributed by atoms with Gasteiger partial charge in [-0.15, -0.1) is 0 Å². The van der Waals surface area contributed by atoms with Crippen molar-refractivity contribution in [3.8, 4) is 0 Å². The van der Waals surface area contributed by atoms with Crippen molar-refractivity contribution in [1.82, 2.24) is 9.97 Å². The first-order chi connectivity index (χ1) is 13.0. The summed E-state index contributed by atoms with van der Waals surface area (Å²) in [6.07, 6.45) is 13.1. The molecule has 1 aliphatic rings. The van der Waals surface area contributed by atoms with Crippen LogP contribution in [-0.4, -0.2) is 26.8 Å². The minimum absolute atomic E-state index is 0.00808. The summed E-state index contributed by atoms with van der Waals surface area (Å²) >= 11 is 0. The number of hydrogen-bond acceptors (Lipinski definition) is 4. The van der Waals surface area contributed by atoms with Gasteiger partial charge in [0.05, 0.1) is 22.4 Å². The number of carboxylic acid groups (broad SMARTS) is 1. The maximum absolute atomic E-state index is 11.7. The van der Waals surface area contributed by atoms with Gasteiger partial charge in [0.15, 0.2) is 5.78 Å². The number of ketones is 1. The SMILES string of the molecule is CC(=O)c1ccc2nc(C3=CCC=CC=C3)c(CCCCC(=O)O)nc2c1. The maximum Gasteiger partial charge on any atom is 0.303 e. The number of hydrogen-bond donors (Lipinski definition) is 1. The summed E-state index contributed by atoms with van der Waals surface area (Å²) in [4.78, 5) is 32.0. The van der Waals surface area contributed by atoms with Gasteiger partial charge in [0.2, 0.25) is 0 Å². The average molecular weight is 362 g/mol. The highest BCUT2D eigenvalue weighted by Crippen LogP contribution is 2.25. The molecule has 0 spiro atoms. The first-order valence-electron chi connectivity index (χ1n) is 9.12. The van der Waals surface area contributed by atoms with E-state index in [1.165, 1.54) is 6.92 Å². The third kappa shape index (κ3) is 4.76. The van der Waals surface area contributed by atoms with Crippen LogP contribution in [0.3, 0.4) is 0 Å². The number of carboxylic acids is 1. The number of allylic oxidation sites excluding steroid dienone is 6. The van der Waals surface area contributed by atoms with E-state index in [2.05, 4.69) is 12.2 Å². The van der Waals surface area contributed by atoms with Crippen molar-refractivity contribution in [2.75, 3.05) is 0 Å². The Kier molecular flexibility index (Phi) is 5.91. The number of rotatable bonds is 7. The molecule has 1 aromatic heterocycles. The normalized spacial score (nSPS) is 13.4. The number of carbonyl (C=O) groups excluding carboxylic acids is 1. The molecule has 2 aromatic rings. The number of benzene rings is 1. The lowest BCUT2D eigenvalue weighted by Gasteiger charge is -2.11. The topological polar surface area (TPSA) is 80.2 Å². The highest BCUT2D eigenvalue weighted by Gasteiger charge is 2.13. The third-order valence-corrected chi connectivity index (χ3v) is 4.47. The molecule has 5 nitrogen and oxygen atoms in total. The molecule has 0 saturated carbocycles. The van der Waals surface area contributed by atoms with Gasteiger partial charge in [0, 0.05) is 12.0 Å². The lowest BCUT2D eigenvalue weighted by molar-refractivity contribution is -0.137. The molecule has 0 radical (unpaired) electrons. The van der Waals surface area contributed by atoms with E-state index in [4.69, 9.17) is 15.1 Å². The second kappa shape index (κ2) is 8.54. The van der Waals surface area contributed by atoms with E-state index < -0.39 is 5.97 Å². The molecule has 0 unspecified atom stereocenters. The second-order valence-electron chi connectivity index (χ2n) is 6.56. The van der Waals surface area contributed by atoms with E-state index >= 15 is 0 Å². The van der Waals surface area contributed by atoms with Crippen molar-refractivity contribution in [1.29, 1.82) is 0 Å². The molecule has 0 aliphatic heterocycles. The van der Waals surface area contributed by atoms with Gasteiger partial charge in [-0.3, -0.25) is 9.59 Å². The van der Waals surface area contributed by atoms with Crippen LogP contribution in [-0.2, 0) is 11.2 Å². The van der Waals surface area contributed by atoms with Crippen molar-refractivity contribution in [3.05, 3.63) is 65.5 Å². The van der Waals surface area contributed by atoms with Crippen LogP contribution in [0.1, 0.15) is 54.4 Å². The molecule has 1 aromatic carbocycles. The van der Waals surface area contributed by atoms with E-state index in [1.54, 1.807) is 12.1 Å². The van der Waals surface area contributed by atoms with Gasteiger partial charge in [-0.2, -0.15) is 0 Å². The monoisotopic (exact) mass is 362 g/mol. The Hall–Kier alpha value is -3.08. The zero-order valence-corrected chi connectivity index (χ0v) is 15.3. The number of carbonyl (C=O) groups is 2. The minimum Gasteiger partial charge on any atom is -0.481 e. The Balaban J connectivity index is 2.00. The highest BCUT2D eigenvalue weighted by atomic mass is 16.4. The largest absolute Gasteiger partial charge is 0.481 e. The van der Waals surface area contributed by atoms with Gasteiger partial charge >= 0.3 is 5.97 Å². The molecule has 1 N–H and O–H groups in total. The Labute approximate surface area is 158 Å². The van der Waals surface area contributed by atoms with Crippen molar-refractivity contribution in [2.24, 2.45) is 0 Å². The van der Waals surface area contributed by atoms with Gasteiger partial charge in [-0.25, -0.2) is 9.97 Å². The van der Waals surface area contributed by atoms with Crippen LogP contribution in [0.25, 0.3) is 16.6 Å². The Bertz CT molecular complexity index is 971. The molecule has 5 heteroatoms. The van der Waals surface area contributed by atoms with Crippen molar-refractivity contribution >= 4 is 28.4 Å². The predicted molar refractivity (Wildman–Crippen MR) is 106 cm³/mol. The molecule has 0 amide bonds. The molecular formula is C22H22N2O3.